The zero-order chi connectivity index (χ0) is 21.1. The summed E-state index contributed by atoms with van der Waals surface area (Å²) >= 11 is 5.79. The highest BCUT2D eigenvalue weighted by Gasteiger charge is 2.26. The van der Waals surface area contributed by atoms with Gasteiger partial charge in [0.05, 0.1) is 20.4 Å². The molecule has 0 bridgehead atoms. The van der Waals surface area contributed by atoms with Crippen LogP contribution in [0.2, 0.25) is 0 Å². The lowest BCUT2D eigenvalue weighted by Crippen LogP contribution is -2.48. The molecule has 9 heteroatoms. The normalized spacial score (nSPS) is 17.0. The summed E-state index contributed by atoms with van der Waals surface area (Å²) in [5, 5.41) is 4.82. The number of aromatic nitrogens is 3. The fourth-order valence-corrected chi connectivity index (χ4v) is 3.74. The highest BCUT2D eigenvalue weighted by molar-refractivity contribution is 7.71. The minimum Gasteiger partial charge on any atom is -0.497 e. The lowest BCUT2D eigenvalue weighted by atomic mass is 10.2. The Bertz CT molecular complexity index is 1100. The molecular formula is C21H23N5O3S. The first-order valence-corrected chi connectivity index (χ1v) is 10.0. The molecule has 1 saturated heterocycles. The van der Waals surface area contributed by atoms with Crippen molar-refractivity contribution in [1.29, 1.82) is 0 Å². The number of rotatable bonds is 6. The second kappa shape index (κ2) is 8.78. The number of nitrogens with zero attached hydrogens (tertiary/aromatic N) is 4. The Kier molecular flexibility index (Phi) is 5.93. The van der Waals surface area contributed by atoms with Crippen LogP contribution in [0.3, 0.4) is 0 Å². The maximum atomic E-state index is 11.5. The third kappa shape index (κ3) is 4.13. The molecule has 2 N–H and O–H groups in total. The van der Waals surface area contributed by atoms with E-state index in [-0.39, 0.29) is 0 Å². The minimum atomic E-state index is -0.623. The Morgan fingerprint density at radius 1 is 1.27 bits per heavy atom. The van der Waals surface area contributed by atoms with Crippen molar-refractivity contribution < 1.29 is 14.3 Å². The van der Waals surface area contributed by atoms with Crippen molar-refractivity contribution in [3.05, 3.63) is 59.4 Å². The van der Waals surface area contributed by atoms with Gasteiger partial charge in [0.2, 0.25) is 10.7 Å². The Labute approximate surface area is 179 Å². The van der Waals surface area contributed by atoms with Gasteiger partial charge in [-0.2, -0.15) is 0 Å². The SMILES string of the molecule is COc1cccc(-c2nn(CN3CCOC(C(N)=O)C3)c(=S)n2-c2ccccc2)c1. The Hall–Kier alpha value is -3.01. The van der Waals surface area contributed by atoms with Crippen LogP contribution in [0, 0.1) is 4.77 Å². The van der Waals surface area contributed by atoms with Crippen molar-refractivity contribution in [2.45, 2.75) is 12.8 Å². The fraction of sp³-hybridized carbons (Fsp3) is 0.286. The summed E-state index contributed by atoms with van der Waals surface area (Å²) in [7, 11) is 1.63. The van der Waals surface area contributed by atoms with Gasteiger partial charge in [0.15, 0.2) is 5.82 Å². The van der Waals surface area contributed by atoms with E-state index in [1.54, 1.807) is 11.8 Å². The molecule has 4 rings (SSSR count). The summed E-state index contributed by atoms with van der Waals surface area (Å²) in [5.41, 5.74) is 7.22. The van der Waals surface area contributed by atoms with Gasteiger partial charge in [0.1, 0.15) is 11.9 Å². The van der Waals surface area contributed by atoms with E-state index in [2.05, 4.69) is 4.90 Å². The molecular weight excluding hydrogens is 402 g/mol. The van der Waals surface area contributed by atoms with Gasteiger partial charge >= 0.3 is 0 Å². The summed E-state index contributed by atoms with van der Waals surface area (Å²) in [6.45, 7) is 1.94. The van der Waals surface area contributed by atoms with E-state index in [1.165, 1.54) is 0 Å². The van der Waals surface area contributed by atoms with Gasteiger partial charge in [-0.3, -0.25) is 14.3 Å². The number of ether oxygens (including phenoxy) is 2. The number of primary amides is 1. The van der Waals surface area contributed by atoms with E-state index in [1.807, 2.05) is 59.2 Å². The average molecular weight is 426 g/mol. The number of nitrogens with two attached hydrogens (primary N) is 1. The largest absolute Gasteiger partial charge is 0.497 e. The molecule has 156 valence electrons. The quantitative estimate of drug-likeness (QED) is 0.610. The minimum absolute atomic E-state index is 0.407. The van der Waals surface area contributed by atoms with Crippen LogP contribution in [0.25, 0.3) is 17.1 Å². The molecule has 30 heavy (non-hydrogen) atoms. The zero-order valence-corrected chi connectivity index (χ0v) is 17.4. The van der Waals surface area contributed by atoms with Crippen molar-refractivity contribution in [2.75, 3.05) is 26.8 Å². The zero-order valence-electron chi connectivity index (χ0n) is 16.6. The Balaban J connectivity index is 1.74. The standard InChI is InChI=1S/C21H23N5O3S/c1-28-17-9-5-6-15(12-17)20-23-25(14-24-10-11-29-18(13-24)19(22)27)21(30)26(20)16-7-3-2-4-8-16/h2-9,12,18H,10-11,13-14H2,1H3,(H2,22,27). The molecule has 2 aromatic carbocycles. The number of morpholine rings is 1. The number of methoxy groups -OCH3 is 1. The number of benzene rings is 2. The van der Waals surface area contributed by atoms with Crippen molar-refractivity contribution in [1.82, 2.24) is 19.2 Å². The predicted molar refractivity (Wildman–Crippen MR) is 115 cm³/mol. The smallest absolute Gasteiger partial charge is 0.247 e. The van der Waals surface area contributed by atoms with Crippen LogP contribution in [0.5, 0.6) is 5.75 Å². The lowest BCUT2D eigenvalue weighted by Gasteiger charge is -2.30. The van der Waals surface area contributed by atoms with Crippen molar-refractivity contribution in [3.8, 4) is 22.8 Å². The molecule has 0 radical (unpaired) electrons. The van der Waals surface area contributed by atoms with Crippen LogP contribution in [0.1, 0.15) is 0 Å². The third-order valence-electron chi connectivity index (χ3n) is 4.98. The number of carbonyl (C=O) groups excluding carboxylic acids is 1. The molecule has 3 aromatic rings. The molecule has 1 fully saturated rings. The third-order valence-corrected chi connectivity index (χ3v) is 5.38. The molecule has 0 saturated carbocycles. The molecule has 0 aliphatic carbocycles. The lowest BCUT2D eigenvalue weighted by molar-refractivity contribution is -0.136. The molecule has 1 amide bonds. The van der Waals surface area contributed by atoms with Gasteiger partial charge in [0, 0.05) is 24.3 Å². The summed E-state index contributed by atoms with van der Waals surface area (Å²) in [6, 6.07) is 17.6. The van der Waals surface area contributed by atoms with Crippen LogP contribution >= 0.6 is 12.2 Å². The number of hydrogen-bond donors (Lipinski definition) is 1. The topological polar surface area (TPSA) is 87.5 Å². The molecule has 0 spiro atoms. The van der Waals surface area contributed by atoms with Gasteiger partial charge in [-0.05, 0) is 36.5 Å². The molecule has 8 nitrogen and oxygen atoms in total. The van der Waals surface area contributed by atoms with Crippen LogP contribution < -0.4 is 10.5 Å². The van der Waals surface area contributed by atoms with Crippen molar-refractivity contribution in [3.63, 3.8) is 0 Å². The Morgan fingerprint density at radius 2 is 2.07 bits per heavy atom. The predicted octanol–water partition coefficient (Wildman–Crippen LogP) is 2.22. The fourth-order valence-electron chi connectivity index (χ4n) is 3.45. The summed E-state index contributed by atoms with van der Waals surface area (Å²) in [5.74, 6) is 0.991. The number of para-hydroxylation sites is 1. The molecule has 1 unspecified atom stereocenters. The van der Waals surface area contributed by atoms with E-state index >= 15 is 0 Å². The summed E-state index contributed by atoms with van der Waals surface area (Å²) in [6.07, 6.45) is -0.623. The van der Waals surface area contributed by atoms with E-state index in [0.29, 0.717) is 37.0 Å². The number of carbonyl (C=O) groups is 1. The number of hydrogen-bond acceptors (Lipinski definition) is 6. The average Bonchev–Trinajstić information content (AvgIpc) is 3.10. The maximum absolute atomic E-state index is 11.5. The molecule has 1 atom stereocenters. The molecule has 1 aliphatic rings. The second-order valence-electron chi connectivity index (χ2n) is 6.99. The van der Waals surface area contributed by atoms with E-state index in [4.69, 9.17) is 32.5 Å². The maximum Gasteiger partial charge on any atom is 0.247 e. The first-order valence-electron chi connectivity index (χ1n) is 9.60. The summed E-state index contributed by atoms with van der Waals surface area (Å²) in [4.78, 5) is 13.6. The second-order valence-corrected chi connectivity index (χ2v) is 7.35. The van der Waals surface area contributed by atoms with Crippen LogP contribution in [0.15, 0.2) is 54.6 Å². The van der Waals surface area contributed by atoms with Crippen LogP contribution in [-0.2, 0) is 16.2 Å². The van der Waals surface area contributed by atoms with Gasteiger partial charge in [-0.15, -0.1) is 5.10 Å². The number of amides is 1. The first-order chi connectivity index (χ1) is 14.6. The highest BCUT2D eigenvalue weighted by Crippen LogP contribution is 2.26. The van der Waals surface area contributed by atoms with Gasteiger partial charge in [-0.1, -0.05) is 30.3 Å². The molecule has 1 aliphatic heterocycles. The van der Waals surface area contributed by atoms with E-state index < -0.39 is 12.0 Å². The van der Waals surface area contributed by atoms with Gasteiger partial charge in [-0.25, -0.2) is 4.68 Å². The monoisotopic (exact) mass is 425 g/mol. The van der Waals surface area contributed by atoms with E-state index in [0.717, 1.165) is 17.0 Å². The molecule has 2 heterocycles. The Morgan fingerprint density at radius 3 is 2.80 bits per heavy atom. The molecule has 1 aromatic heterocycles. The van der Waals surface area contributed by atoms with Gasteiger partial charge in [0.25, 0.3) is 0 Å². The van der Waals surface area contributed by atoms with E-state index in [9.17, 15) is 4.79 Å². The van der Waals surface area contributed by atoms with Crippen molar-refractivity contribution >= 4 is 18.1 Å². The highest BCUT2D eigenvalue weighted by atomic mass is 32.1. The van der Waals surface area contributed by atoms with Crippen molar-refractivity contribution in [2.24, 2.45) is 5.73 Å². The van der Waals surface area contributed by atoms with Gasteiger partial charge < -0.3 is 15.2 Å². The van der Waals surface area contributed by atoms with Crippen LogP contribution in [0.4, 0.5) is 0 Å². The van der Waals surface area contributed by atoms with Crippen LogP contribution in [-0.4, -0.2) is 58.1 Å². The first kappa shape index (κ1) is 20.3. The summed E-state index contributed by atoms with van der Waals surface area (Å²) < 4.78 is 15.1.